The molecule has 0 saturated heterocycles. The molecule has 0 radical (unpaired) electrons. The van der Waals surface area contributed by atoms with Crippen molar-refractivity contribution in [3.63, 3.8) is 0 Å². The van der Waals surface area contributed by atoms with Gasteiger partial charge in [0.15, 0.2) is 0 Å². The predicted molar refractivity (Wildman–Crippen MR) is 45.9 cm³/mol. The van der Waals surface area contributed by atoms with Crippen LogP contribution in [0.3, 0.4) is 0 Å². The van der Waals surface area contributed by atoms with Gasteiger partial charge < -0.3 is 0 Å². The molecule has 0 heterocycles. The van der Waals surface area contributed by atoms with Gasteiger partial charge in [-0.05, 0) is 31.3 Å². The monoisotopic (exact) mass is 134 g/mol. The molecule has 0 amide bonds. The van der Waals surface area contributed by atoms with Crippen LogP contribution < -0.4 is 0 Å². The average Bonchev–Trinajstić information content (AvgIpc) is 1.94. The Hall–Kier alpha value is -0.780. The zero-order valence-corrected chi connectivity index (χ0v) is 6.40. The zero-order chi connectivity index (χ0) is 7.40. The lowest BCUT2D eigenvalue weighted by molar-refractivity contribution is 0.681. The van der Waals surface area contributed by atoms with Gasteiger partial charge in [0.2, 0.25) is 0 Å². The average molecular weight is 134 g/mol. The van der Waals surface area contributed by atoms with E-state index >= 15 is 0 Å². The van der Waals surface area contributed by atoms with Crippen molar-refractivity contribution in [1.29, 1.82) is 0 Å². The molecule has 1 aliphatic carbocycles. The van der Waals surface area contributed by atoms with Crippen LogP contribution in [0.25, 0.3) is 0 Å². The molecule has 0 N–H and O–H groups in total. The quantitative estimate of drug-likeness (QED) is 0.516. The third kappa shape index (κ3) is 1.60. The first kappa shape index (κ1) is 7.33. The highest BCUT2D eigenvalue weighted by Crippen LogP contribution is 2.26. The number of hydrogen-bond acceptors (Lipinski definition) is 0. The van der Waals surface area contributed by atoms with Crippen LogP contribution in [0, 0.1) is 0 Å². The first-order valence-corrected chi connectivity index (χ1v) is 3.84. The highest BCUT2D eigenvalue weighted by molar-refractivity contribution is 5.32. The molecular formula is C10H14. The summed E-state index contributed by atoms with van der Waals surface area (Å²) in [6.07, 6.45) is 8.95. The molecule has 10 heavy (non-hydrogen) atoms. The number of hydrogen-bond donors (Lipinski definition) is 0. The van der Waals surface area contributed by atoms with Gasteiger partial charge in [0, 0.05) is 0 Å². The summed E-state index contributed by atoms with van der Waals surface area (Å²) in [6, 6.07) is 0. The number of allylic oxidation sites excluding steroid dienone is 4. The van der Waals surface area contributed by atoms with Gasteiger partial charge >= 0.3 is 0 Å². The smallest absolute Gasteiger partial charge is 0.0276 e. The van der Waals surface area contributed by atoms with E-state index in [1.54, 1.807) is 0 Å². The van der Waals surface area contributed by atoms with Gasteiger partial charge in [-0.2, -0.15) is 0 Å². The molecular weight excluding hydrogens is 120 g/mol. The van der Waals surface area contributed by atoms with Gasteiger partial charge in [0.25, 0.3) is 0 Å². The summed E-state index contributed by atoms with van der Waals surface area (Å²) >= 11 is 0. The lowest BCUT2D eigenvalue weighted by atomic mass is 9.90. The molecule has 0 aromatic carbocycles. The predicted octanol–water partition coefficient (Wildman–Crippen LogP) is 3.23. The van der Waals surface area contributed by atoms with E-state index in [1.165, 1.54) is 36.8 Å². The molecule has 0 bridgehead atoms. The second-order valence-electron chi connectivity index (χ2n) is 2.74. The van der Waals surface area contributed by atoms with Crippen molar-refractivity contribution in [2.24, 2.45) is 0 Å². The van der Waals surface area contributed by atoms with E-state index in [-0.39, 0.29) is 0 Å². The van der Waals surface area contributed by atoms with E-state index in [9.17, 15) is 0 Å². The molecule has 0 nitrogen and oxygen atoms in total. The maximum Gasteiger partial charge on any atom is -0.0276 e. The Morgan fingerprint density at radius 1 is 1.20 bits per heavy atom. The molecule has 1 saturated carbocycles. The summed E-state index contributed by atoms with van der Waals surface area (Å²) in [5.74, 6) is 0. The molecule has 0 aromatic heterocycles. The minimum atomic E-state index is 1.18. The largest absolute Gasteiger partial charge is 0.0991 e. The van der Waals surface area contributed by atoms with Crippen LogP contribution in [0.5, 0.6) is 0 Å². The topological polar surface area (TPSA) is 0 Å². The minimum absolute atomic E-state index is 1.18. The van der Waals surface area contributed by atoms with Crippen molar-refractivity contribution < 1.29 is 0 Å². The Labute approximate surface area is 62.9 Å². The fraction of sp³-hybridized carbons (Fsp3) is 0.400. The van der Waals surface area contributed by atoms with Crippen molar-refractivity contribution in [3.8, 4) is 0 Å². The maximum absolute atomic E-state index is 4.00. The summed E-state index contributed by atoms with van der Waals surface area (Å²) in [5.41, 5.74) is 2.72. The lowest BCUT2D eigenvalue weighted by Crippen LogP contribution is -1.96. The fourth-order valence-electron chi connectivity index (χ4n) is 1.33. The van der Waals surface area contributed by atoms with E-state index in [0.717, 1.165) is 0 Å². The zero-order valence-electron chi connectivity index (χ0n) is 6.40. The third-order valence-corrected chi connectivity index (χ3v) is 1.95. The molecule has 0 spiro atoms. The van der Waals surface area contributed by atoms with E-state index in [1.807, 2.05) is 6.08 Å². The minimum Gasteiger partial charge on any atom is -0.0991 e. The van der Waals surface area contributed by atoms with Crippen LogP contribution in [0.2, 0.25) is 0 Å². The van der Waals surface area contributed by atoms with Crippen LogP contribution >= 0.6 is 0 Å². The molecule has 0 aliphatic heterocycles. The van der Waals surface area contributed by atoms with Gasteiger partial charge in [0.1, 0.15) is 0 Å². The fourth-order valence-corrected chi connectivity index (χ4v) is 1.33. The Morgan fingerprint density at radius 3 is 2.50 bits per heavy atom. The second-order valence-corrected chi connectivity index (χ2v) is 2.74. The molecule has 0 unspecified atom stereocenters. The van der Waals surface area contributed by atoms with Crippen molar-refractivity contribution >= 4 is 0 Å². The third-order valence-electron chi connectivity index (χ3n) is 1.95. The van der Waals surface area contributed by atoms with E-state index in [0.29, 0.717) is 0 Å². The van der Waals surface area contributed by atoms with Crippen molar-refractivity contribution in [2.75, 3.05) is 0 Å². The van der Waals surface area contributed by atoms with Gasteiger partial charge in [-0.25, -0.2) is 0 Å². The second kappa shape index (κ2) is 3.40. The highest BCUT2D eigenvalue weighted by atomic mass is 14.1. The van der Waals surface area contributed by atoms with Crippen molar-refractivity contribution in [1.82, 2.24) is 0 Å². The maximum atomic E-state index is 4.00. The van der Waals surface area contributed by atoms with Crippen LogP contribution in [-0.2, 0) is 0 Å². The van der Waals surface area contributed by atoms with Crippen LogP contribution in [0.15, 0.2) is 36.5 Å². The van der Waals surface area contributed by atoms with E-state index in [4.69, 9.17) is 0 Å². The molecule has 0 aromatic rings. The summed E-state index contributed by atoms with van der Waals surface area (Å²) in [6.45, 7) is 7.67. The Morgan fingerprint density at radius 2 is 1.90 bits per heavy atom. The van der Waals surface area contributed by atoms with Crippen LogP contribution in [0.4, 0.5) is 0 Å². The van der Waals surface area contributed by atoms with Crippen molar-refractivity contribution in [2.45, 2.75) is 25.7 Å². The van der Waals surface area contributed by atoms with Gasteiger partial charge in [-0.3, -0.25) is 0 Å². The summed E-state index contributed by atoms with van der Waals surface area (Å²) < 4.78 is 0. The Bertz CT molecular complexity index is 172. The van der Waals surface area contributed by atoms with Gasteiger partial charge in [-0.15, -0.1) is 0 Å². The first-order chi connectivity index (χ1) is 4.84. The van der Waals surface area contributed by atoms with E-state index in [2.05, 4.69) is 19.2 Å². The summed E-state index contributed by atoms with van der Waals surface area (Å²) in [4.78, 5) is 0. The highest BCUT2D eigenvalue weighted by Gasteiger charge is 2.07. The summed E-state index contributed by atoms with van der Waals surface area (Å²) in [7, 11) is 0. The number of rotatable bonds is 1. The standard InChI is InChI=1S/C10H14/c1-3-6-10-8-5-4-7-9(10)2/h3,6H,1-2,4-5,7-8H2. The van der Waals surface area contributed by atoms with Gasteiger partial charge in [0.05, 0.1) is 0 Å². The van der Waals surface area contributed by atoms with Crippen LogP contribution in [-0.4, -0.2) is 0 Å². The Kier molecular flexibility index (Phi) is 2.49. The normalized spacial score (nSPS) is 23.2. The molecule has 1 rings (SSSR count). The van der Waals surface area contributed by atoms with Crippen LogP contribution in [0.1, 0.15) is 25.7 Å². The molecule has 1 fully saturated rings. The molecule has 1 aliphatic rings. The SMILES string of the molecule is C=CC=C1CCCCC1=C. The van der Waals surface area contributed by atoms with E-state index < -0.39 is 0 Å². The molecule has 0 atom stereocenters. The van der Waals surface area contributed by atoms with Crippen molar-refractivity contribution in [3.05, 3.63) is 36.5 Å². The first-order valence-electron chi connectivity index (χ1n) is 3.84. The Balaban J connectivity index is 2.64. The summed E-state index contributed by atoms with van der Waals surface area (Å²) in [5, 5.41) is 0. The molecule has 0 heteroatoms. The van der Waals surface area contributed by atoms with Gasteiger partial charge in [-0.1, -0.05) is 30.9 Å². The lowest BCUT2D eigenvalue weighted by Gasteiger charge is -2.15. The molecule has 54 valence electrons.